The molecule has 1 N–H and O–H groups in total. The van der Waals surface area contributed by atoms with Gasteiger partial charge in [0.2, 0.25) is 0 Å². The van der Waals surface area contributed by atoms with Crippen molar-refractivity contribution >= 4 is 0 Å². The molecule has 0 radical (unpaired) electrons. The quantitative estimate of drug-likeness (QED) is 0.414. The summed E-state index contributed by atoms with van der Waals surface area (Å²) in [6, 6.07) is 0. The fourth-order valence-electron chi connectivity index (χ4n) is 6.75. The fourth-order valence-corrected chi connectivity index (χ4v) is 6.75. The maximum atomic E-state index is 9.76. The minimum absolute atomic E-state index is 0.00698. The van der Waals surface area contributed by atoms with Crippen molar-refractivity contribution in [3.63, 3.8) is 0 Å². The fraction of sp³-hybridized carbons (Fsp3) is 0.926. The van der Waals surface area contributed by atoms with E-state index in [1.807, 2.05) is 0 Å². The van der Waals surface area contributed by atoms with Crippen molar-refractivity contribution in [2.45, 2.75) is 123 Å². The lowest BCUT2D eigenvalue weighted by Gasteiger charge is -2.37. The molecule has 1 heteroatoms. The molecule has 0 heterocycles. The van der Waals surface area contributed by atoms with Crippen LogP contribution in [-0.4, -0.2) is 11.2 Å². The van der Waals surface area contributed by atoms with Gasteiger partial charge >= 0.3 is 0 Å². The summed E-state index contributed by atoms with van der Waals surface area (Å²) < 4.78 is 0. The molecule has 3 rings (SSSR count). The van der Waals surface area contributed by atoms with Crippen LogP contribution in [-0.2, 0) is 0 Å². The molecular formula is C27H50O. The van der Waals surface area contributed by atoms with E-state index in [0.717, 1.165) is 48.3 Å². The van der Waals surface area contributed by atoms with Gasteiger partial charge in [-0.2, -0.15) is 0 Å². The van der Waals surface area contributed by atoms with Gasteiger partial charge < -0.3 is 5.11 Å². The van der Waals surface area contributed by atoms with Crippen LogP contribution in [0.15, 0.2) is 13.2 Å². The molecule has 0 aliphatic heterocycles. The molecule has 0 amide bonds. The van der Waals surface area contributed by atoms with Gasteiger partial charge in [0.05, 0.1) is 6.10 Å². The third kappa shape index (κ3) is 7.51. The van der Waals surface area contributed by atoms with Crippen LogP contribution in [0, 0.1) is 35.5 Å². The van der Waals surface area contributed by atoms with Gasteiger partial charge in [0.1, 0.15) is 0 Å². The molecule has 3 saturated carbocycles. The van der Waals surface area contributed by atoms with Gasteiger partial charge in [-0.1, -0.05) is 78.1 Å². The summed E-state index contributed by atoms with van der Waals surface area (Å²) >= 11 is 0. The van der Waals surface area contributed by atoms with Crippen LogP contribution in [0.4, 0.5) is 0 Å². The largest absolute Gasteiger partial charge is 0.393 e. The SMILES string of the molecule is C=C.CCC1CCC(CC(C(C)CCC2CCC(O)CC2)C2CCCCC2)C1. The number of rotatable bonds is 8. The molecule has 0 spiro atoms. The lowest BCUT2D eigenvalue weighted by molar-refractivity contribution is 0.0983. The molecule has 3 aliphatic carbocycles. The summed E-state index contributed by atoms with van der Waals surface area (Å²) in [5, 5.41) is 9.76. The Morgan fingerprint density at radius 2 is 1.43 bits per heavy atom. The van der Waals surface area contributed by atoms with Crippen LogP contribution in [0.5, 0.6) is 0 Å². The lowest BCUT2D eigenvalue weighted by Crippen LogP contribution is -2.27. The third-order valence-electron chi connectivity index (χ3n) is 8.67. The van der Waals surface area contributed by atoms with E-state index in [0.29, 0.717) is 0 Å². The van der Waals surface area contributed by atoms with Crippen LogP contribution >= 0.6 is 0 Å². The molecule has 0 aromatic carbocycles. The summed E-state index contributed by atoms with van der Waals surface area (Å²) in [6.07, 6.45) is 22.6. The van der Waals surface area contributed by atoms with Crippen molar-refractivity contribution in [2.24, 2.45) is 35.5 Å². The van der Waals surface area contributed by atoms with Gasteiger partial charge in [0, 0.05) is 0 Å². The number of aliphatic hydroxyl groups is 1. The van der Waals surface area contributed by atoms with Crippen LogP contribution in [0.25, 0.3) is 0 Å². The first kappa shape index (κ1) is 24.0. The van der Waals surface area contributed by atoms with E-state index in [1.54, 1.807) is 6.42 Å². The van der Waals surface area contributed by atoms with Gasteiger partial charge in [0.25, 0.3) is 0 Å². The Hall–Kier alpha value is -0.300. The zero-order valence-electron chi connectivity index (χ0n) is 19.2. The van der Waals surface area contributed by atoms with Gasteiger partial charge in [-0.25, -0.2) is 0 Å². The average Bonchev–Trinajstić information content (AvgIpc) is 3.21. The van der Waals surface area contributed by atoms with Crippen molar-refractivity contribution in [2.75, 3.05) is 0 Å². The monoisotopic (exact) mass is 390 g/mol. The summed E-state index contributed by atoms with van der Waals surface area (Å²) in [7, 11) is 0. The van der Waals surface area contributed by atoms with Crippen molar-refractivity contribution in [1.29, 1.82) is 0 Å². The molecule has 0 aromatic rings. The van der Waals surface area contributed by atoms with Crippen LogP contribution in [0.2, 0.25) is 0 Å². The standard InChI is InChI=1S/C25H46O.C2H4/c1-3-20-11-12-22(17-20)18-25(23-7-5-4-6-8-23)19(2)9-10-21-13-15-24(26)16-14-21;1-2/h19-26H,3-18H2,1-2H3;1-2H2. The maximum absolute atomic E-state index is 9.76. The first-order valence-corrected chi connectivity index (χ1v) is 12.8. The minimum atomic E-state index is 0.00698. The van der Waals surface area contributed by atoms with E-state index in [-0.39, 0.29) is 6.10 Å². The van der Waals surface area contributed by atoms with E-state index in [9.17, 15) is 5.11 Å². The molecule has 3 aliphatic rings. The van der Waals surface area contributed by atoms with Crippen LogP contribution < -0.4 is 0 Å². The van der Waals surface area contributed by atoms with Gasteiger partial charge in [-0.15, -0.1) is 13.2 Å². The van der Waals surface area contributed by atoms with E-state index < -0.39 is 0 Å². The number of hydrogen-bond donors (Lipinski definition) is 1. The highest BCUT2D eigenvalue weighted by Gasteiger charge is 2.33. The van der Waals surface area contributed by atoms with Crippen molar-refractivity contribution in [3.8, 4) is 0 Å². The molecule has 4 atom stereocenters. The molecule has 0 bridgehead atoms. The molecule has 1 nitrogen and oxygen atoms in total. The number of aliphatic hydroxyl groups excluding tert-OH is 1. The molecule has 3 fully saturated rings. The second kappa shape index (κ2) is 13.1. The Kier molecular flexibility index (Phi) is 11.2. The normalized spacial score (nSPS) is 33.7. The maximum Gasteiger partial charge on any atom is 0.0540 e. The molecular weight excluding hydrogens is 340 g/mol. The summed E-state index contributed by atoms with van der Waals surface area (Å²) in [6.45, 7) is 11.0. The lowest BCUT2D eigenvalue weighted by atomic mass is 9.69. The summed E-state index contributed by atoms with van der Waals surface area (Å²) in [5.41, 5.74) is 0. The zero-order chi connectivity index (χ0) is 20.4. The molecule has 164 valence electrons. The Labute approximate surface area is 176 Å². The highest BCUT2D eigenvalue weighted by Crippen LogP contribution is 2.44. The Balaban J connectivity index is 0.00000136. The topological polar surface area (TPSA) is 20.2 Å². The third-order valence-corrected chi connectivity index (χ3v) is 8.67. The van der Waals surface area contributed by atoms with E-state index in [4.69, 9.17) is 0 Å². The predicted molar refractivity (Wildman–Crippen MR) is 123 cm³/mol. The number of hydrogen-bond acceptors (Lipinski definition) is 1. The highest BCUT2D eigenvalue weighted by atomic mass is 16.3. The second-order valence-electron chi connectivity index (χ2n) is 10.5. The minimum Gasteiger partial charge on any atom is -0.393 e. The van der Waals surface area contributed by atoms with Crippen LogP contribution in [0.1, 0.15) is 117 Å². The van der Waals surface area contributed by atoms with Crippen molar-refractivity contribution in [3.05, 3.63) is 13.2 Å². The predicted octanol–water partition coefficient (Wildman–Crippen LogP) is 8.17. The molecule has 0 saturated heterocycles. The molecule has 28 heavy (non-hydrogen) atoms. The van der Waals surface area contributed by atoms with Crippen LogP contribution in [0.3, 0.4) is 0 Å². The van der Waals surface area contributed by atoms with Crippen molar-refractivity contribution in [1.82, 2.24) is 0 Å². The zero-order valence-corrected chi connectivity index (χ0v) is 19.2. The van der Waals surface area contributed by atoms with Gasteiger partial charge in [-0.3, -0.25) is 0 Å². The Morgan fingerprint density at radius 3 is 2.04 bits per heavy atom. The Morgan fingerprint density at radius 1 is 0.821 bits per heavy atom. The Bertz CT molecular complexity index is 391. The van der Waals surface area contributed by atoms with E-state index in [2.05, 4.69) is 27.0 Å². The summed E-state index contributed by atoms with van der Waals surface area (Å²) in [5.74, 6) is 5.95. The molecule has 0 aromatic heterocycles. The van der Waals surface area contributed by atoms with Gasteiger partial charge in [-0.05, 0) is 74.0 Å². The average molecular weight is 391 g/mol. The van der Waals surface area contributed by atoms with E-state index in [1.165, 1.54) is 83.5 Å². The first-order chi connectivity index (χ1) is 13.7. The first-order valence-electron chi connectivity index (χ1n) is 12.8. The van der Waals surface area contributed by atoms with Gasteiger partial charge in [0.15, 0.2) is 0 Å². The van der Waals surface area contributed by atoms with Crippen molar-refractivity contribution < 1.29 is 5.11 Å². The highest BCUT2D eigenvalue weighted by molar-refractivity contribution is 4.84. The molecule has 4 unspecified atom stereocenters. The van der Waals surface area contributed by atoms with E-state index >= 15 is 0 Å². The smallest absolute Gasteiger partial charge is 0.0540 e. The summed E-state index contributed by atoms with van der Waals surface area (Å²) in [4.78, 5) is 0. The second-order valence-corrected chi connectivity index (χ2v) is 10.5.